The van der Waals surface area contributed by atoms with Crippen LogP contribution >= 0.6 is 0 Å². The molecule has 11 heteroatoms. The van der Waals surface area contributed by atoms with Crippen LogP contribution in [0.3, 0.4) is 0 Å². The second-order valence-corrected chi connectivity index (χ2v) is 5.66. The minimum absolute atomic E-state index is 0.00495. The molecule has 2 aromatic rings. The number of ether oxygens (including phenoxy) is 4. The molecule has 28 heavy (non-hydrogen) atoms. The quantitative estimate of drug-likeness (QED) is 0.396. The molecule has 0 saturated heterocycles. The number of nitro groups is 2. The predicted molar refractivity (Wildman–Crippen MR) is 91.8 cm³/mol. The standard InChI is InChI=1S/C17H14N2O9/c20-16(9-26-15-3-1-13(2-4-15)18(21)22)27-8-12-6-14(19(23)24)5-11-7-25-10-28-17(11)12/h1-6H,7-10H2. The molecule has 0 saturated carbocycles. The van der Waals surface area contributed by atoms with Crippen molar-refractivity contribution in [1.29, 1.82) is 0 Å². The molecule has 1 aliphatic rings. The minimum atomic E-state index is -0.717. The first-order valence-corrected chi connectivity index (χ1v) is 7.97. The van der Waals surface area contributed by atoms with E-state index in [0.29, 0.717) is 16.9 Å². The number of non-ortho nitro benzene ring substituents is 2. The molecule has 0 radical (unpaired) electrons. The molecule has 0 amide bonds. The van der Waals surface area contributed by atoms with Crippen LogP contribution in [0.4, 0.5) is 11.4 Å². The fourth-order valence-electron chi connectivity index (χ4n) is 2.50. The van der Waals surface area contributed by atoms with Crippen LogP contribution in [-0.2, 0) is 27.5 Å². The lowest BCUT2D eigenvalue weighted by Crippen LogP contribution is -2.17. The smallest absolute Gasteiger partial charge is 0.344 e. The molecule has 0 aromatic heterocycles. The molecular weight excluding hydrogens is 376 g/mol. The van der Waals surface area contributed by atoms with Gasteiger partial charge >= 0.3 is 5.97 Å². The van der Waals surface area contributed by atoms with Crippen molar-refractivity contribution in [1.82, 2.24) is 0 Å². The van der Waals surface area contributed by atoms with Crippen LogP contribution in [0.15, 0.2) is 36.4 Å². The predicted octanol–water partition coefficient (Wildman–Crippen LogP) is 2.49. The van der Waals surface area contributed by atoms with Gasteiger partial charge in [0.25, 0.3) is 11.4 Å². The average Bonchev–Trinajstić information content (AvgIpc) is 2.70. The minimum Gasteiger partial charge on any atom is -0.482 e. The Kier molecular flexibility index (Phi) is 5.65. The van der Waals surface area contributed by atoms with E-state index in [-0.39, 0.29) is 37.1 Å². The van der Waals surface area contributed by atoms with Gasteiger partial charge in [-0.25, -0.2) is 4.79 Å². The Bertz CT molecular complexity index is 912. The number of fused-ring (bicyclic) bond motifs is 1. The van der Waals surface area contributed by atoms with Gasteiger partial charge in [0.1, 0.15) is 18.1 Å². The zero-order valence-electron chi connectivity index (χ0n) is 14.4. The van der Waals surface area contributed by atoms with E-state index < -0.39 is 22.4 Å². The van der Waals surface area contributed by atoms with Crippen molar-refractivity contribution in [2.24, 2.45) is 0 Å². The highest BCUT2D eigenvalue weighted by Crippen LogP contribution is 2.33. The summed E-state index contributed by atoms with van der Waals surface area (Å²) >= 11 is 0. The van der Waals surface area contributed by atoms with Gasteiger partial charge in [-0.15, -0.1) is 0 Å². The Morgan fingerprint density at radius 3 is 2.46 bits per heavy atom. The molecule has 0 bridgehead atoms. The van der Waals surface area contributed by atoms with E-state index in [1.807, 2.05) is 0 Å². The van der Waals surface area contributed by atoms with Crippen LogP contribution in [0.1, 0.15) is 11.1 Å². The van der Waals surface area contributed by atoms with Crippen LogP contribution in [0, 0.1) is 20.2 Å². The third kappa shape index (κ3) is 4.51. The lowest BCUT2D eigenvalue weighted by atomic mass is 10.1. The van der Waals surface area contributed by atoms with Gasteiger partial charge in [-0.05, 0) is 12.1 Å². The topological polar surface area (TPSA) is 140 Å². The van der Waals surface area contributed by atoms with Gasteiger partial charge in [-0.2, -0.15) is 0 Å². The molecular formula is C17H14N2O9. The Labute approximate surface area is 157 Å². The molecule has 0 aliphatic carbocycles. The molecule has 1 heterocycles. The van der Waals surface area contributed by atoms with Crippen molar-refractivity contribution < 1.29 is 33.6 Å². The van der Waals surface area contributed by atoms with E-state index in [1.54, 1.807) is 0 Å². The van der Waals surface area contributed by atoms with Crippen molar-refractivity contribution in [3.63, 3.8) is 0 Å². The number of benzene rings is 2. The fraction of sp³-hybridized carbons (Fsp3) is 0.235. The first kappa shape index (κ1) is 19.0. The largest absolute Gasteiger partial charge is 0.482 e. The number of hydrogen-bond acceptors (Lipinski definition) is 9. The first-order valence-electron chi connectivity index (χ1n) is 7.97. The van der Waals surface area contributed by atoms with E-state index in [1.165, 1.54) is 36.4 Å². The summed E-state index contributed by atoms with van der Waals surface area (Å²) in [4.78, 5) is 32.4. The second kappa shape index (κ2) is 8.31. The molecule has 0 fully saturated rings. The van der Waals surface area contributed by atoms with Crippen LogP contribution in [0.25, 0.3) is 0 Å². The molecule has 0 N–H and O–H groups in total. The summed E-state index contributed by atoms with van der Waals surface area (Å²) in [6.07, 6.45) is 0. The summed E-state index contributed by atoms with van der Waals surface area (Å²) in [6.45, 7) is -0.526. The summed E-state index contributed by atoms with van der Waals surface area (Å²) in [7, 11) is 0. The second-order valence-electron chi connectivity index (χ2n) is 5.66. The molecule has 0 atom stereocenters. The zero-order valence-corrected chi connectivity index (χ0v) is 14.4. The van der Waals surface area contributed by atoms with Gasteiger partial charge in [0.15, 0.2) is 13.4 Å². The summed E-state index contributed by atoms with van der Waals surface area (Å²) in [5.41, 5.74) is 0.570. The Morgan fingerprint density at radius 1 is 1.07 bits per heavy atom. The number of nitrogens with zero attached hydrogens (tertiary/aromatic N) is 2. The monoisotopic (exact) mass is 390 g/mol. The fourth-order valence-corrected chi connectivity index (χ4v) is 2.50. The number of rotatable bonds is 7. The third-order valence-corrected chi connectivity index (χ3v) is 3.78. The number of carbonyl (C=O) groups excluding carboxylic acids is 1. The summed E-state index contributed by atoms with van der Waals surface area (Å²) in [6, 6.07) is 7.82. The normalized spacial score (nSPS) is 12.4. The number of carbonyl (C=O) groups is 1. The lowest BCUT2D eigenvalue weighted by Gasteiger charge is -2.20. The third-order valence-electron chi connectivity index (χ3n) is 3.78. The molecule has 146 valence electrons. The van der Waals surface area contributed by atoms with E-state index >= 15 is 0 Å². The lowest BCUT2D eigenvalue weighted by molar-refractivity contribution is -0.385. The maximum atomic E-state index is 11.9. The van der Waals surface area contributed by atoms with Crippen LogP contribution < -0.4 is 9.47 Å². The van der Waals surface area contributed by atoms with Crippen molar-refractivity contribution in [2.75, 3.05) is 13.4 Å². The van der Waals surface area contributed by atoms with Gasteiger partial charge in [0.05, 0.1) is 16.5 Å². The van der Waals surface area contributed by atoms with Crippen molar-refractivity contribution >= 4 is 17.3 Å². The number of hydrogen-bond donors (Lipinski definition) is 0. The van der Waals surface area contributed by atoms with E-state index in [0.717, 1.165) is 0 Å². The number of esters is 1. The van der Waals surface area contributed by atoms with Crippen LogP contribution in [-0.4, -0.2) is 29.2 Å². The van der Waals surface area contributed by atoms with E-state index in [9.17, 15) is 25.0 Å². The Hall–Kier alpha value is -3.73. The van der Waals surface area contributed by atoms with Crippen molar-refractivity contribution in [2.45, 2.75) is 13.2 Å². The van der Waals surface area contributed by atoms with Gasteiger partial charge in [0.2, 0.25) is 0 Å². The highest BCUT2D eigenvalue weighted by molar-refractivity contribution is 5.71. The van der Waals surface area contributed by atoms with Gasteiger partial charge in [-0.1, -0.05) is 0 Å². The molecule has 2 aromatic carbocycles. The SMILES string of the molecule is O=C(COc1ccc([N+](=O)[O-])cc1)OCc1cc([N+](=O)[O-])cc2c1OCOC2. The van der Waals surface area contributed by atoms with E-state index in [2.05, 4.69) is 0 Å². The maximum absolute atomic E-state index is 11.9. The molecule has 3 rings (SSSR count). The molecule has 0 spiro atoms. The highest BCUT2D eigenvalue weighted by Gasteiger charge is 2.22. The first-order chi connectivity index (χ1) is 13.4. The summed E-state index contributed by atoms with van der Waals surface area (Å²) in [5, 5.41) is 21.7. The Balaban J connectivity index is 1.60. The molecule has 0 unspecified atom stereocenters. The van der Waals surface area contributed by atoms with Gasteiger partial charge < -0.3 is 18.9 Å². The summed E-state index contributed by atoms with van der Waals surface area (Å²) in [5.74, 6) is -0.0673. The Morgan fingerprint density at radius 2 is 1.79 bits per heavy atom. The van der Waals surface area contributed by atoms with Crippen molar-refractivity contribution in [3.05, 3.63) is 67.8 Å². The highest BCUT2D eigenvalue weighted by atomic mass is 16.7. The maximum Gasteiger partial charge on any atom is 0.344 e. The number of nitro benzene ring substituents is 2. The average molecular weight is 390 g/mol. The van der Waals surface area contributed by atoms with Gasteiger partial charge in [0, 0.05) is 35.4 Å². The van der Waals surface area contributed by atoms with Crippen LogP contribution in [0.2, 0.25) is 0 Å². The van der Waals surface area contributed by atoms with Crippen molar-refractivity contribution in [3.8, 4) is 11.5 Å². The summed E-state index contributed by atoms with van der Waals surface area (Å²) < 4.78 is 20.8. The van der Waals surface area contributed by atoms with Gasteiger partial charge in [-0.3, -0.25) is 20.2 Å². The zero-order chi connectivity index (χ0) is 20.1. The van der Waals surface area contributed by atoms with E-state index in [4.69, 9.17) is 18.9 Å². The molecule has 11 nitrogen and oxygen atoms in total. The van der Waals surface area contributed by atoms with Crippen LogP contribution in [0.5, 0.6) is 11.5 Å². The molecule has 1 aliphatic heterocycles.